The molecule has 0 bridgehead atoms. The van der Waals surface area contributed by atoms with Gasteiger partial charge < -0.3 is 10.1 Å². The van der Waals surface area contributed by atoms with Gasteiger partial charge in [-0.2, -0.15) is 5.26 Å². The van der Waals surface area contributed by atoms with Crippen LogP contribution in [-0.4, -0.2) is 19.1 Å². The lowest BCUT2D eigenvalue weighted by Crippen LogP contribution is -2.27. The SMILES string of the molecule is CCOCCCC(=O)N[C@@H](C#N)c1ccc(Cl)c(Cl)c1. The summed E-state index contributed by atoms with van der Waals surface area (Å²) < 4.78 is 5.15. The van der Waals surface area contributed by atoms with Gasteiger partial charge in [-0.05, 0) is 31.0 Å². The first kappa shape index (κ1) is 16.8. The smallest absolute Gasteiger partial charge is 0.221 e. The van der Waals surface area contributed by atoms with Gasteiger partial charge in [0.05, 0.1) is 16.1 Å². The standard InChI is InChI=1S/C14H16Cl2N2O2/c1-2-20-7-3-4-14(19)18-13(9-17)10-5-6-11(15)12(16)8-10/h5-6,8,13H,2-4,7H2,1H3,(H,18,19)/t13-/m0/s1. The highest BCUT2D eigenvalue weighted by molar-refractivity contribution is 6.42. The Hall–Kier alpha value is -1.28. The molecular weight excluding hydrogens is 299 g/mol. The maximum Gasteiger partial charge on any atom is 0.221 e. The number of halogens is 2. The van der Waals surface area contributed by atoms with Crippen molar-refractivity contribution >= 4 is 29.1 Å². The molecule has 1 aromatic rings. The van der Waals surface area contributed by atoms with E-state index in [-0.39, 0.29) is 5.91 Å². The highest BCUT2D eigenvalue weighted by Crippen LogP contribution is 2.25. The lowest BCUT2D eigenvalue weighted by Gasteiger charge is -2.12. The molecule has 6 heteroatoms. The van der Waals surface area contributed by atoms with Crippen LogP contribution in [0, 0.1) is 11.3 Å². The quantitative estimate of drug-likeness (QED) is 0.783. The first-order valence-electron chi connectivity index (χ1n) is 6.30. The number of carbonyl (C=O) groups excluding carboxylic acids is 1. The number of carbonyl (C=O) groups is 1. The molecule has 0 aliphatic carbocycles. The Morgan fingerprint density at radius 2 is 2.20 bits per heavy atom. The number of amides is 1. The fourth-order valence-electron chi connectivity index (χ4n) is 1.59. The van der Waals surface area contributed by atoms with Crippen LogP contribution in [0.5, 0.6) is 0 Å². The number of hydrogen-bond donors (Lipinski definition) is 1. The van der Waals surface area contributed by atoms with E-state index in [0.29, 0.717) is 41.7 Å². The molecule has 0 heterocycles. The lowest BCUT2D eigenvalue weighted by atomic mass is 10.1. The maximum absolute atomic E-state index is 11.7. The number of ether oxygens (including phenoxy) is 1. The normalized spacial score (nSPS) is 11.7. The van der Waals surface area contributed by atoms with Crippen LogP contribution in [0.2, 0.25) is 10.0 Å². The first-order chi connectivity index (χ1) is 9.58. The average Bonchev–Trinajstić information content (AvgIpc) is 2.44. The molecule has 20 heavy (non-hydrogen) atoms. The van der Waals surface area contributed by atoms with E-state index in [0.717, 1.165) is 0 Å². The van der Waals surface area contributed by atoms with Crippen molar-refractivity contribution in [1.82, 2.24) is 5.32 Å². The van der Waals surface area contributed by atoms with E-state index in [1.54, 1.807) is 18.2 Å². The Labute approximate surface area is 128 Å². The second-order valence-electron chi connectivity index (χ2n) is 4.10. The summed E-state index contributed by atoms with van der Waals surface area (Å²) in [5, 5.41) is 12.6. The predicted octanol–water partition coefficient (Wildman–Crippen LogP) is 3.49. The summed E-state index contributed by atoms with van der Waals surface area (Å²) in [5.41, 5.74) is 0.611. The fraction of sp³-hybridized carbons (Fsp3) is 0.429. The van der Waals surface area contributed by atoms with Gasteiger partial charge in [0.2, 0.25) is 5.91 Å². The Bertz CT molecular complexity index is 500. The monoisotopic (exact) mass is 314 g/mol. The van der Waals surface area contributed by atoms with Crippen molar-refractivity contribution in [2.75, 3.05) is 13.2 Å². The van der Waals surface area contributed by atoms with E-state index >= 15 is 0 Å². The Morgan fingerprint density at radius 1 is 1.45 bits per heavy atom. The molecule has 0 aliphatic rings. The molecule has 0 spiro atoms. The van der Waals surface area contributed by atoms with Crippen LogP contribution in [0.1, 0.15) is 31.4 Å². The minimum Gasteiger partial charge on any atom is -0.382 e. The van der Waals surface area contributed by atoms with E-state index in [2.05, 4.69) is 5.32 Å². The second kappa shape index (κ2) is 8.80. The second-order valence-corrected chi connectivity index (χ2v) is 4.92. The van der Waals surface area contributed by atoms with Crippen molar-refractivity contribution in [2.24, 2.45) is 0 Å². The predicted molar refractivity (Wildman–Crippen MR) is 78.7 cm³/mol. The lowest BCUT2D eigenvalue weighted by molar-refractivity contribution is -0.121. The summed E-state index contributed by atoms with van der Waals surface area (Å²) in [6.45, 7) is 3.07. The molecule has 1 N–H and O–H groups in total. The Balaban J connectivity index is 2.56. The zero-order chi connectivity index (χ0) is 15.0. The van der Waals surface area contributed by atoms with Gasteiger partial charge >= 0.3 is 0 Å². The van der Waals surface area contributed by atoms with Gasteiger partial charge in [-0.3, -0.25) is 4.79 Å². The maximum atomic E-state index is 11.7. The third-order valence-electron chi connectivity index (χ3n) is 2.61. The highest BCUT2D eigenvalue weighted by Gasteiger charge is 2.14. The largest absolute Gasteiger partial charge is 0.382 e. The fourth-order valence-corrected chi connectivity index (χ4v) is 1.90. The molecule has 0 saturated carbocycles. The average molecular weight is 315 g/mol. The molecule has 0 radical (unpaired) electrons. The van der Waals surface area contributed by atoms with E-state index < -0.39 is 6.04 Å². The Morgan fingerprint density at radius 3 is 2.80 bits per heavy atom. The molecule has 4 nitrogen and oxygen atoms in total. The van der Waals surface area contributed by atoms with E-state index in [4.69, 9.17) is 33.2 Å². The first-order valence-corrected chi connectivity index (χ1v) is 7.05. The number of benzene rings is 1. The molecule has 1 amide bonds. The van der Waals surface area contributed by atoms with Gasteiger partial charge in [0.15, 0.2) is 0 Å². The van der Waals surface area contributed by atoms with Gasteiger partial charge in [0, 0.05) is 19.6 Å². The Kier molecular flexibility index (Phi) is 7.38. The van der Waals surface area contributed by atoms with Crippen molar-refractivity contribution < 1.29 is 9.53 Å². The summed E-state index contributed by atoms with van der Waals surface area (Å²) in [4.78, 5) is 11.7. The third-order valence-corrected chi connectivity index (χ3v) is 3.35. The van der Waals surface area contributed by atoms with Gasteiger partial charge in [0.25, 0.3) is 0 Å². The van der Waals surface area contributed by atoms with Crippen molar-refractivity contribution in [3.63, 3.8) is 0 Å². The third kappa shape index (κ3) is 5.38. The summed E-state index contributed by atoms with van der Waals surface area (Å²) in [7, 11) is 0. The summed E-state index contributed by atoms with van der Waals surface area (Å²) in [5.74, 6) is -0.192. The number of nitrogens with zero attached hydrogens (tertiary/aromatic N) is 1. The summed E-state index contributed by atoms with van der Waals surface area (Å²) in [6, 6.07) is 6.15. The number of rotatable bonds is 7. The van der Waals surface area contributed by atoms with Crippen LogP contribution in [0.25, 0.3) is 0 Å². The molecule has 0 saturated heterocycles. The molecule has 0 unspecified atom stereocenters. The minimum absolute atomic E-state index is 0.192. The number of hydrogen-bond acceptors (Lipinski definition) is 3. The van der Waals surface area contributed by atoms with Crippen LogP contribution in [0.15, 0.2) is 18.2 Å². The molecule has 0 aromatic heterocycles. The molecular formula is C14H16Cl2N2O2. The molecule has 1 aromatic carbocycles. The minimum atomic E-state index is -0.732. The van der Waals surface area contributed by atoms with Gasteiger partial charge in [-0.25, -0.2) is 0 Å². The van der Waals surface area contributed by atoms with Crippen LogP contribution in [0.3, 0.4) is 0 Å². The van der Waals surface area contributed by atoms with E-state index in [1.807, 2.05) is 13.0 Å². The van der Waals surface area contributed by atoms with Crippen LogP contribution in [0.4, 0.5) is 0 Å². The topological polar surface area (TPSA) is 62.1 Å². The number of nitriles is 1. The zero-order valence-corrected chi connectivity index (χ0v) is 12.7. The van der Waals surface area contributed by atoms with Gasteiger partial charge in [-0.15, -0.1) is 0 Å². The summed E-state index contributed by atoms with van der Waals surface area (Å²) in [6.07, 6.45) is 0.943. The van der Waals surface area contributed by atoms with Gasteiger partial charge in [-0.1, -0.05) is 29.3 Å². The molecule has 0 aliphatic heterocycles. The molecule has 1 atom stereocenters. The molecule has 108 valence electrons. The molecule has 0 fully saturated rings. The van der Waals surface area contributed by atoms with Crippen molar-refractivity contribution in [3.05, 3.63) is 33.8 Å². The summed E-state index contributed by atoms with van der Waals surface area (Å²) >= 11 is 11.7. The van der Waals surface area contributed by atoms with E-state index in [9.17, 15) is 4.79 Å². The van der Waals surface area contributed by atoms with Crippen LogP contribution in [-0.2, 0) is 9.53 Å². The number of nitrogens with one attached hydrogen (secondary N) is 1. The van der Waals surface area contributed by atoms with Crippen molar-refractivity contribution in [1.29, 1.82) is 5.26 Å². The van der Waals surface area contributed by atoms with Crippen LogP contribution >= 0.6 is 23.2 Å². The highest BCUT2D eigenvalue weighted by atomic mass is 35.5. The van der Waals surface area contributed by atoms with Crippen LogP contribution < -0.4 is 5.32 Å². The zero-order valence-electron chi connectivity index (χ0n) is 11.2. The van der Waals surface area contributed by atoms with Gasteiger partial charge in [0.1, 0.15) is 6.04 Å². The van der Waals surface area contributed by atoms with Crippen molar-refractivity contribution in [3.8, 4) is 6.07 Å². The van der Waals surface area contributed by atoms with Crippen molar-refractivity contribution in [2.45, 2.75) is 25.8 Å². The molecule has 1 rings (SSSR count). The van der Waals surface area contributed by atoms with E-state index in [1.165, 1.54) is 0 Å².